The van der Waals surface area contributed by atoms with Gasteiger partial charge in [0.2, 0.25) is 5.91 Å². The number of amides is 1. The third-order valence-corrected chi connectivity index (χ3v) is 3.87. The number of rotatable bonds is 6. The number of para-hydroxylation sites is 1. The zero-order valence-corrected chi connectivity index (χ0v) is 13.5. The van der Waals surface area contributed by atoms with Crippen LogP contribution in [0.4, 0.5) is 5.69 Å². The van der Waals surface area contributed by atoms with Crippen molar-refractivity contribution in [3.63, 3.8) is 0 Å². The van der Waals surface area contributed by atoms with Crippen LogP contribution >= 0.6 is 0 Å². The number of aryl methyl sites for hydroxylation is 2. The quantitative estimate of drug-likeness (QED) is 0.850. The lowest BCUT2D eigenvalue weighted by molar-refractivity contribution is -0.115. The van der Waals surface area contributed by atoms with Gasteiger partial charge in [0, 0.05) is 11.7 Å². The molecule has 22 heavy (non-hydrogen) atoms. The first kappa shape index (κ1) is 16.2. The van der Waals surface area contributed by atoms with Crippen LogP contribution < -0.4 is 10.6 Å². The minimum absolute atomic E-state index is 0.00761. The van der Waals surface area contributed by atoms with Gasteiger partial charge in [0.1, 0.15) is 0 Å². The van der Waals surface area contributed by atoms with Crippen LogP contribution in [-0.4, -0.2) is 12.5 Å². The van der Waals surface area contributed by atoms with Crippen LogP contribution in [0.1, 0.15) is 36.6 Å². The van der Waals surface area contributed by atoms with Crippen LogP contribution in [-0.2, 0) is 11.2 Å². The average molecular weight is 296 g/mol. The van der Waals surface area contributed by atoms with Crippen molar-refractivity contribution in [2.75, 3.05) is 11.9 Å². The molecule has 0 saturated carbocycles. The van der Waals surface area contributed by atoms with Crippen LogP contribution in [0.5, 0.6) is 0 Å². The van der Waals surface area contributed by atoms with Gasteiger partial charge in [-0.15, -0.1) is 0 Å². The standard InChI is InChI=1S/C19H24N2O/c1-4-16-12-8-9-14(2)19(16)21-18(22)13-20-15(3)17-10-6-5-7-11-17/h5-12,15,20H,4,13H2,1-3H3,(H,21,22)/t15-/m1/s1. The Morgan fingerprint density at radius 1 is 1.09 bits per heavy atom. The Balaban J connectivity index is 1.94. The third kappa shape index (κ3) is 4.18. The zero-order valence-electron chi connectivity index (χ0n) is 13.5. The van der Waals surface area contributed by atoms with Crippen LogP contribution in [0.3, 0.4) is 0 Å². The lowest BCUT2D eigenvalue weighted by atomic mass is 10.1. The molecule has 0 unspecified atom stereocenters. The number of nitrogens with one attached hydrogen (secondary N) is 2. The third-order valence-electron chi connectivity index (χ3n) is 3.87. The van der Waals surface area contributed by atoms with Gasteiger partial charge in [0.05, 0.1) is 6.54 Å². The monoisotopic (exact) mass is 296 g/mol. The Morgan fingerprint density at radius 3 is 2.50 bits per heavy atom. The molecule has 1 atom stereocenters. The molecule has 2 N–H and O–H groups in total. The van der Waals surface area contributed by atoms with Gasteiger partial charge in [-0.3, -0.25) is 4.79 Å². The van der Waals surface area contributed by atoms with E-state index in [4.69, 9.17) is 0 Å². The Kier molecular flexibility index (Phi) is 5.73. The first-order valence-corrected chi connectivity index (χ1v) is 7.78. The van der Waals surface area contributed by atoms with Gasteiger partial charge in [0.15, 0.2) is 0 Å². The Labute approximate surface area is 132 Å². The van der Waals surface area contributed by atoms with Gasteiger partial charge >= 0.3 is 0 Å². The molecule has 116 valence electrons. The molecule has 3 nitrogen and oxygen atoms in total. The number of hydrogen-bond acceptors (Lipinski definition) is 2. The van der Waals surface area contributed by atoms with Crippen molar-refractivity contribution in [1.29, 1.82) is 0 Å². The first-order valence-electron chi connectivity index (χ1n) is 7.78. The van der Waals surface area contributed by atoms with Crippen molar-refractivity contribution in [1.82, 2.24) is 5.32 Å². The molecule has 1 amide bonds. The predicted molar refractivity (Wildman–Crippen MR) is 92.0 cm³/mol. The molecule has 0 aliphatic rings. The molecule has 0 bridgehead atoms. The van der Waals surface area contributed by atoms with E-state index in [9.17, 15) is 4.79 Å². The van der Waals surface area contributed by atoms with Gasteiger partial charge in [0.25, 0.3) is 0 Å². The molecule has 0 aliphatic carbocycles. The molecule has 2 rings (SSSR count). The molecule has 3 heteroatoms. The van der Waals surface area contributed by atoms with E-state index >= 15 is 0 Å². The van der Waals surface area contributed by atoms with Gasteiger partial charge in [-0.2, -0.15) is 0 Å². The van der Waals surface area contributed by atoms with Gasteiger partial charge in [-0.1, -0.05) is 55.5 Å². The normalized spacial score (nSPS) is 12.0. The van der Waals surface area contributed by atoms with Crippen molar-refractivity contribution >= 4 is 11.6 Å². The lowest BCUT2D eigenvalue weighted by Crippen LogP contribution is -2.30. The first-order chi connectivity index (χ1) is 10.6. The van der Waals surface area contributed by atoms with Crippen molar-refractivity contribution in [3.05, 3.63) is 65.2 Å². The molecule has 2 aromatic carbocycles. The molecular formula is C19H24N2O. The number of anilines is 1. The molecule has 2 aromatic rings. The molecule has 0 aromatic heterocycles. The van der Waals surface area contributed by atoms with E-state index < -0.39 is 0 Å². The minimum Gasteiger partial charge on any atom is -0.324 e. The summed E-state index contributed by atoms with van der Waals surface area (Å²) in [6.45, 7) is 6.48. The summed E-state index contributed by atoms with van der Waals surface area (Å²) in [6.07, 6.45) is 0.908. The molecular weight excluding hydrogens is 272 g/mol. The van der Waals surface area contributed by atoms with Crippen LogP contribution in [0.2, 0.25) is 0 Å². The summed E-state index contributed by atoms with van der Waals surface area (Å²) in [6, 6.07) is 16.4. The van der Waals surface area contributed by atoms with Crippen LogP contribution in [0.15, 0.2) is 48.5 Å². The summed E-state index contributed by atoms with van der Waals surface area (Å²) in [5.41, 5.74) is 4.40. The minimum atomic E-state index is -0.00761. The summed E-state index contributed by atoms with van der Waals surface area (Å²) in [5, 5.41) is 6.30. The number of hydrogen-bond donors (Lipinski definition) is 2. The molecule has 0 radical (unpaired) electrons. The van der Waals surface area contributed by atoms with E-state index in [1.807, 2.05) is 37.3 Å². The fourth-order valence-electron chi connectivity index (χ4n) is 2.49. The largest absolute Gasteiger partial charge is 0.324 e. The molecule has 0 saturated heterocycles. The maximum atomic E-state index is 12.2. The summed E-state index contributed by atoms with van der Waals surface area (Å²) < 4.78 is 0. The number of carbonyl (C=O) groups excluding carboxylic acids is 1. The van der Waals surface area contributed by atoms with Gasteiger partial charge in [-0.05, 0) is 37.0 Å². The second-order valence-corrected chi connectivity index (χ2v) is 5.52. The highest BCUT2D eigenvalue weighted by Gasteiger charge is 2.10. The van der Waals surface area contributed by atoms with E-state index in [0.717, 1.165) is 17.7 Å². The SMILES string of the molecule is CCc1cccc(C)c1NC(=O)CN[C@H](C)c1ccccc1. The van der Waals surface area contributed by atoms with Gasteiger partial charge < -0.3 is 10.6 Å². The fourth-order valence-corrected chi connectivity index (χ4v) is 2.49. The van der Waals surface area contributed by atoms with E-state index in [1.54, 1.807) is 0 Å². The number of carbonyl (C=O) groups is 1. The van der Waals surface area contributed by atoms with Crippen molar-refractivity contribution in [2.45, 2.75) is 33.2 Å². The molecule has 0 aliphatic heterocycles. The second-order valence-electron chi connectivity index (χ2n) is 5.52. The highest BCUT2D eigenvalue weighted by molar-refractivity contribution is 5.93. The lowest BCUT2D eigenvalue weighted by Gasteiger charge is -2.16. The van der Waals surface area contributed by atoms with Crippen molar-refractivity contribution in [3.8, 4) is 0 Å². The molecule has 0 spiro atoms. The van der Waals surface area contributed by atoms with Gasteiger partial charge in [-0.25, -0.2) is 0 Å². The highest BCUT2D eigenvalue weighted by atomic mass is 16.1. The average Bonchev–Trinajstić information content (AvgIpc) is 2.55. The summed E-state index contributed by atoms with van der Waals surface area (Å²) in [4.78, 5) is 12.2. The molecule has 0 fully saturated rings. The Bertz CT molecular complexity index is 623. The fraction of sp³-hybridized carbons (Fsp3) is 0.316. The maximum Gasteiger partial charge on any atom is 0.238 e. The van der Waals surface area contributed by atoms with Crippen LogP contribution in [0.25, 0.3) is 0 Å². The van der Waals surface area contributed by atoms with E-state index in [-0.39, 0.29) is 11.9 Å². The number of benzene rings is 2. The summed E-state index contributed by atoms with van der Waals surface area (Å²) in [7, 11) is 0. The summed E-state index contributed by atoms with van der Waals surface area (Å²) >= 11 is 0. The van der Waals surface area contributed by atoms with Crippen molar-refractivity contribution < 1.29 is 4.79 Å². The van der Waals surface area contributed by atoms with Crippen LogP contribution in [0, 0.1) is 6.92 Å². The zero-order chi connectivity index (χ0) is 15.9. The van der Waals surface area contributed by atoms with Crippen molar-refractivity contribution in [2.24, 2.45) is 0 Å². The second kappa shape index (κ2) is 7.76. The highest BCUT2D eigenvalue weighted by Crippen LogP contribution is 2.21. The Hall–Kier alpha value is -2.13. The molecule has 0 heterocycles. The summed E-state index contributed by atoms with van der Waals surface area (Å²) in [5.74, 6) is -0.00761. The van der Waals surface area contributed by atoms with E-state index in [1.165, 1.54) is 11.1 Å². The van der Waals surface area contributed by atoms with E-state index in [0.29, 0.717) is 6.54 Å². The topological polar surface area (TPSA) is 41.1 Å². The smallest absolute Gasteiger partial charge is 0.238 e. The maximum absolute atomic E-state index is 12.2. The van der Waals surface area contributed by atoms with E-state index in [2.05, 4.69) is 42.7 Å². The Morgan fingerprint density at radius 2 is 1.82 bits per heavy atom. The predicted octanol–water partition coefficient (Wildman–Crippen LogP) is 3.85.